The highest BCUT2D eigenvalue weighted by atomic mass is 35.5. The Bertz CT molecular complexity index is 750. The Hall–Kier alpha value is -1.09. The van der Waals surface area contributed by atoms with Crippen molar-refractivity contribution in [3.8, 4) is 0 Å². The van der Waals surface area contributed by atoms with Gasteiger partial charge in [-0.15, -0.1) is 0 Å². The molecule has 1 aromatic rings. The molecule has 0 saturated carbocycles. The maximum absolute atomic E-state index is 12.4. The number of pyridine rings is 1. The highest BCUT2D eigenvalue weighted by Crippen LogP contribution is 2.24. The molecule has 1 atom stereocenters. The smallest absolute Gasteiger partial charge is 0.410 e. The molecule has 2 rings (SSSR count). The zero-order chi connectivity index (χ0) is 18.8. The van der Waals surface area contributed by atoms with Crippen LogP contribution in [0.25, 0.3) is 0 Å². The van der Waals surface area contributed by atoms with Gasteiger partial charge in [0.05, 0.1) is 5.02 Å². The monoisotopic (exact) mass is 409 g/mol. The van der Waals surface area contributed by atoms with E-state index in [1.54, 1.807) is 25.7 Å². The van der Waals surface area contributed by atoms with Crippen LogP contribution < -0.4 is 4.72 Å². The van der Waals surface area contributed by atoms with Crippen molar-refractivity contribution in [3.05, 3.63) is 22.4 Å². The quantitative estimate of drug-likeness (QED) is 0.771. The third kappa shape index (κ3) is 5.44. The van der Waals surface area contributed by atoms with Gasteiger partial charge >= 0.3 is 6.09 Å². The molecule has 10 heteroatoms. The van der Waals surface area contributed by atoms with Crippen molar-refractivity contribution in [1.29, 1.82) is 0 Å². The van der Waals surface area contributed by atoms with Crippen molar-refractivity contribution in [2.24, 2.45) is 0 Å². The fourth-order valence-electron chi connectivity index (χ4n) is 2.48. The predicted octanol–water partition coefficient (Wildman–Crippen LogP) is 3.07. The van der Waals surface area contributed by atoms with E-state index in [1.807, 2.05) is 0 Å². The number of nitrogens with zero attached hydrogens (tertiary/aromatic N) is 2. The molecule has 1 aliphatic heterocycles. The van der Waals surface area contributed by atoms with Gasteiger partial charge in [0.25, 0.3) is 0 Å². The molecule has 1 saturated heterocycles. The molecule has 1 aliphatic rings. The fourth-order valence-corrected chi connectivity index (χ4v) is 4.24. The van der Waals surface area contributed by atoms with Crippen molar-refractivity contribution < 1.29 is 17.9 Å². The molecule has 0 spiro atoms. The number of hydrogen-bond acceptors (Lipinski definition) is 5. The highest BCUT2D eigenvalue weighted by Gasteiger charge is 2.33. The Morgan fingerprint density at radius 3 is 2.76 bits per heavy atom. The average molecular weight is 410 g/mol. The van der Waals surface area contributed by atoms with Gasteiger partial charge in [0.15, 0.2) is 0 Å². The summed E-state index contributed by atoms with van der Waals surface area (Å²) in [6.45, 7) is 5.94. The highest BCUT2D eigenvalue weighted by molar-refractivity contribution is 7.89. The number of sulfonamides is 1. The van der Waals surface area contributed by atoms with Crippen LogP contribution in [0.5, 0.6) is 0 Å². The molecule has 0 unspecified atom stereocenters. The third-order valence-electron chi connectivity index (χ3n) is 3.58. The number of halogens is 2. The second-order valence-corrected chi connectivity index (χ2v) is 9.29. The van der Waals surface area contributed by atoms with E-state index in [0.29, 0.717) is 13.0 Å². The molecule has 0 radical (unpaired) electrons. The summed E-state index contributed by atoms with van der Waals surface area (Å²) in [6, 6.07) is 0.954. The lowest BCUT2D eigenvalue weighted by molar-refractivity contribution is 0.0229. The van der Waals surface area contributed by atoms with E-state index in [-0.39, 0.29) is 27.7 Å². The van der Waals surface area contributed by atoms with Gasteiger partial charge in [-0.3, -0.25) is 0 Å². The molecule has 1 aromatic heterocycles. The van der Waals surface area contributed by atoms with Crippen molar-refractivity contribution >= 4 is 39.3 Å². The number of carbonyl (C=O) groups is 1. The standard InChI is InChI=1S/C15H21Cl2N3O4S/c1-15(2,3)24-14(21)20-6-4-5-11(20)9-19-25(22,23)12-7-10(16)8-18-13(12)17/h7-8,11,19H,4-6,9H2,1-3H3/t11-/m0/s1. The van der Waals surface area contributed by atoms with Crippen LogP contribution in [0.1, 0.15) is 33.6 Å². The Balaban J connectivity index is 2.06. The molecule has 7 nitrogen and oxygen atoms in total. The molecule has 140 valence electrons. The van der Waals surface area contributed by atoms with Crippen LogP contribution in [-0.2, 0) is 14.8 Å². The summed E-state index contributed by atoms with van der Waals surface area (Å²) in [5, 5.41) is 0.00773. The molecule has 0 aromatic carbocycles. The van der Waals surface area contributed by atoms with E-state index in [0.717, 1.165) is 6.42 Å². The molecule has 1 N–H and O–H groups in total. The van der Waals surface area contributed by atoms with Gasteiger partial charge in [0.2, 0.25) is 10.0 Å². The predicted molar refractivity (Wildman–Crippen MR) is 95.4 cm³/mol. The van der Waals surface area contributed by atoms with Crippen LogP contribution in [0.3, 0.4) is 0 Å². The maximum atomic E-state index is 12.4. The normalized spacial score (nSPS) is 18.4. The van der Waals surface area contributed by atoms with E-state index in [1.165, 1.54) is 12.3 Å². The van der Waals surface area contributed by atoms with E-state index >= 15 is 0 Å². The van der Waals surface area contributed by atoms with Gasteiger partial charge in [-0.1, -0.05) is 23.2 Å². The molecule has 0 bridgehead atoms. The van der Waals surface area contributed by atoms with Crippen LogP contribution in [-0.4, -0.2) is 49.1 Å². The zero-order valence-corrected chi connectivity index (χ0v) is 16.6. The van der Waals surface area contributed by atoms with E-state index in [2.05, 4.69) is 9.71 Å². The van der Waals surface area contributed by atoms with Crippen LogP contribution in [0.2, 0.25) is 10.2 Å². The van der Waals surface area contributed by atoms with E-state index in [4.69, 9.17) is 27.9 Å². The fraction of sp³-hybridized carbons (Fsp3) is 0.600. The number of ether oxygens (including phenoxy) is 1. The van der Waals surface area contributed by atoms with Gasteiger partial charge in [0, 0.05) is 25.3 Å². The van der Waals surface area contributed by atoms with Gasteiger partial charge in [-0.2, -0.15) is 0 Å². The van der Waals surface area contributed by atoms with Crippen molar-refractivity contribution in [2.45, 2.75) is 50.2 Å². The molecular formula is C15H21Cl2N3O4S. The van der Waals surface area contributed by atoms with Crippen molar-refractivity contribution in [3.63, 3.8) is 0 Å². The Kier molecular flexibility index (Phi) is 6.19. The van der Waals surface area contributed by atoms with Gasteiger partial charge in [-0.05, 0) is 39.7 Å². The number of nitrogens with one attached hydrogen (secondary N) is 1. The van der Waals surface area contributed by atoms with Crippen molar-refractivity contribution in [1.82, 2.24) is 14.6 Å². The van der Waals surface area contributed by atoms with Crippen LogP contribution in [0, 0.1) is 0 Å². The molecular weight excluding hydrogens is 389 g/mol. The number of likely N-dealkylation sites (tertiary alicyclic amines) is 1. The largest absolute Gasteiger partial charge is 0.444 e. The summed E-state index contributed by atoms with van der Waals surface area (Å²) in [4.78, 5) is 17.3. The van der Waals surface area contributed by atoms with Gasteiger partial charge in [0.1, 0.15) is 15.6 Å². The Labute approximate surface area is 157 Å². The summed E-state index contributed by atoms with van der Waals surface area (Å²) in [7, 11) is -3.89. The molecule has 1 fully saturated rings. The number of hydrogen-bond donors (Lipinski definition) is 1. The van der Waals surface area contributed by atoms with Gasteiger partial charge < -0.3 is 9.64 Å². The number of rotatable bonds is 4. The topological polar surface area (TPSA) is 88.6 Å². The average Bonchev–Trinajstić information content (AvgIpc) is 2.94. The molecule has 25 heavy (non-hydrogen) atoms. The number of aromatic nitrogens is 1. The summed E-state index contributed by atoms with van der Waals surface area (Å²) in [6.07, 6.45) is 2.29. The lowest BCUT2D eigenvalue weighted by atomic mass is 10.2. The Morgan fingerprint density at radius 1 is 1.44 bits per heavy atom. The van der Waals surface area contributed by atoms with Crippen molar-refractivity contribution in [2.75, 3.05) is 13.1 Å². The van der Waals surface area contributed by atoms with E-state index < -0.39 is 21.7 Å². The van der Waals surface area contributed by atoms with Crippen LogP contribution in [0.4, 0.5) is 4.79 Å². The van der Waals surface area contributed by atoms with Crippen LogP contribution in [0.15, 0.2) is 17.2 Å². The third-order valence-corrected chi connectivity index (χ3v) is 5.63. The second kappa shape index (κ2) is 7.65. The lowest BCUT2D eigenvalue weighted by Crippen LogP contribution is -2.45. The summed E-state index contributed by atoms with van der Waals surface area (Å²) < 4.78 is 32.7. The maximum Gasteiger partial charge on any atom is 0.410 e. The van der Waals surface area contributed by atoms with Gasteiger partial charge in [-0.25, -0.2) is 22.9 Å². The number of carbonyl (C=O) groups excluding carboxylic acids is 1. The molecule has 2 heterocycles. The minimum Gasteiger partial charge on any atom is -0.444 e. The first-order valence-electron chi connectivity index (χ1n) is 7.80. The SMILES string of the molecule is CC(C)(C)OC(=O)N1CCC[C@H]1CNS(=O)(=O)c1cc(Cl)cnc1Cl. The summed E-state index contributed by atoms with van der Waals surface area (Å²) >= 11 is 11.6. The first-order valence-corrected chi connectivity index (χ1v) is 10.0. The lowest BCUT2D eigenvalue weighted by Gasteiger charge is -2.28. The minimum atomic E-state index is -3.89. The first-order chi connectivity index (χ1) is 11.5. The van der Waals surface area contributed by atoms with Crippen LogP contribution >= 0.6 is 23.2 Å². The van der Waals surface area contributed by atoms with E-state index in [9.17, 15) is 13.2 Å². The second-order valence-electron chi connectivity index (χ2n) is 6.76. The zero-order valence-electron chi connectivity index (χ0n) is 14.3. The summed E-state index contributed by atoms with van der Waals surface area (Å²) in [5.41, 5.74) is -0.607. The molecule has 1 amide bonds. The minimum absolute atomic E-state index is 0.0599. The Morgan fingerprint density at radius 2 is 2.12 bits per heavy atom. The first kappa shape index (κ1) is 20.2. The molecule has 0 aliphatic carbocycles. The number of amides is 1. The summed E-state index contributed by atoms with van der Waals surface area (Å²) in [5.74, 6) is 0.